The summed E-state index contributed by atoms with van der Waals surface area (Å²) in [5.41, 5.74) is 5.45. The van der Waals surface area contributed by atoms with Crippen LogP contribution in [0.2, 0.25) is 0 Å². The molecule has 3 heteroatoms. The third-order valence-electron chi connectivity index (χ3n) is 3.99. The monoisotopic (exact) mass is 262 g/mol. The Balaban J connectivity index is 2.30. The number of carboxylic acids is 1. The molecule has 0 amide bonds. The van der Waals surface area contributed by atoms with Gasteiger partial charge in [-0.3, -0.25) is 4.79 Å². The quantitative estimate of drug-likeness (QED) is 0.885. The lowest BCUT2D eigenvalue weighted by molar-refractivity contribution is -0.137. The second-order valence-electron chi connectivity index (χ2n) is 5.29. The highest BCUT2D eigenvalue weighted by Gasteiger charge is 2.19. The highest BCUT2D eigenvalue weighted by Crippen LogP contribution is 2.34. The molecule has 3 nitrogen and oxygen atoms in total. The van der Waals surface area contributed by atoms with Gasteiger partial charge in [-0.05, 0) is 73.8 Å². The Kier molecular flexibility index (Phi) is 4.46. The molecule has 0 spiro atoms. The Hall–Kier alpha value is -1.51. The number of hydrogen-bond acceptors (Lipinski definition) is 2. The summed E-state index contributed by atoms with van der Waals surface area (Å²) in [6.45, 7) is 2.15. The van der Waals surface area contributed by atoms with Crippen molar-refractivity contribution in [3.05, 3.63) is 28.3 Å². The molecular weight excluding hydrogens is 240 g/mol. The van der Waals surface area contributed by atoms with Crippen molar-refractivity contribution in [1.82, 2.24) is 0 Å². The van der Waals surface area contributed by atoms with Gasteiger partial charge >= 0.3 is 5.97 Å². The zero-order valence-corrected chi connectivity index (χ0v) is 11.8. The van der Waals surface area contributed by atoms with E-state index >= 15 is 0 Å². The van der Waals surface area contributed by atoms with E-state index in [1.54, 1.807) is 7.11 Å². The van der Waals surface area contributed by atoms with E-state index in [2.05, 4.69) is 13.0 Å². The minimum Gasteiger partial charge on any atom is -0.496 e. The van der Waals surface area contributed by atoms with Crippen LogP contribution < -0.4 is 4.74 Å². The molecule has 0 atom stereocenters. The fourth-order valence-corrected chi connectivity index (χ4v) is 3.07. The van der Waals surface area contributed by atoms with E-state index in [1.165, 1.54) is 35.1 Å². The maximum Gasteiger partial charge on any atom is 0.303 e. The summed E-state index contributed by atoms with van der Waals surface area (Å²) in [6.07, 6.45) is 6.46. The Labute approximate surface area is 114 Å². The molecule has 1 aromatic rings. The molecule has 0 aromatic heterocycles. The molecule has 0 aliphatic heterocycles. The predicted molar refractivity (Wildman–Crippen MR) is 74.9 cm³/mol. The fraction of sp³-hybridized carbons (Fsp3) is 0.562. The average molecular weight is 262 g/mol. The number of ether oxygens (including phenoxy) is 1. The van der Waals surface area contributed by atoms with E-state index in [0.29, 0.717) is 6.42 Å². The first-order valence-corrected chi connectivity index (χ1v) is 7.03. The number of carbonyl (C=O) groups is 1. The number of aliphatic carboxylic acids is 1. The van der Waals surface area contributed by atoms with Crippen LogP contribution in [0.4, 0.5) is 0 Å². The van der Waals surface area contributed by atoms with E-state index in [1.807, 2.05) is 0 Å². The summed E-state index contributed by atoms with van der Waals surface area (Å²) >= 11 is 0. The molecule has 0 bridgehead atoms. The summed E-state index contributed by atoms with van der Waals surface area (Å²) in [4.78, 5) is 10.7. The molecule has 1 aliphatic carbocycles. The SMILES string of the molecule is COc1cc(C)c2c(c1CCCC(=O)O)CCCC2. The van der Waals surface area contributed by atoms with Gasteiger partial charge in [0.25, 0.3) is 0 Å². The molecule has 104 valence electrons. The molecule has 0 saturated carbocycles. The predicted octanol–water partition coefficient (Wildman–Crippen LogP) is 3.29. The van der Waals surface area contributed by atoms with Gasteiger partial charge in [-0.1, -0.05) is 0 Å². The smallest absolute Gasteiger partial charge is 0.303 e. The standard InChI is InChI=1S/C16H22O3/c1-11-10-15(19-2)14(8-5-9-16(17)18)13-7-4-3-6-12(11)13/h10H,3-9H2,1-2H3,(H,17,18). The van der Waals surface area contributed by atoms with Crippen molar-refractivity contribution in [3.8, 4) is 5.75 Å². The number of hydrogen-bond donors (Lipinski definition) is 1. The normalized spacial score (nSPS) is 14.0. The third kappa shape index (κ3) is 3.09. The van der Waals surface area contributed by atoms with Gasteiger partial charge in [0.05, 0.1) is 7.11 Å². The third-order valence-corrected chi connectivity index (χ3v) is 3.99. The number of methoxy groups -OCH3 is 1. The lowest BCUT2D eigenvalue weighted by atomic mass is 9.83. The number of rotatable bonds is 5. The van der Waals surface area contributed by atoms with Crippen molar-refractivity contribution in [2.45, 2.75) is 51.9 Å². The van der Waals surface area contributed by atoms with Gasteiger partial charge < -0.3 is 9.84 Å². The first-order chi connectivity index (χ1) is 9.13. The van der Waals surface area contributed by atoms with Gasteiger partial charge in [-0.15, -0.1) is 0 Å². The molecule has 0 heterocycles. The van der Waals surface area contributed by atoms with E-state index in [-0.39, 0.29) is 6.42 Å². The minimum absolute atomic E-state index is 0.228. The summed E-state index contributed by atoms with van der Waals surface area (Å²) in [5.74, 6) is 0.212. The molecule has 2 rings (SSSR count). The van der Waals surface area contributed by atoms with Crippen LogP contribution >= 0.6 is 0 Å². The van der Waals surface area contributed by atoms with Gasteiger partial charge in [0, 0.05) is 6.42 Å². The van der Waals surface area contributed by atoms with Crippen molar-refractivity contribution < 1.29 is 14.6 Å². The van der Waals surface area contributed by atoms with Crippen molar-refractivity contribution in [2.75, 3.05) is 7.11 Å². The Morgan fingerprint density at radius 3 is 2.63 bits per heavy atom. The zero-order chi connectivity index (χ0) is 13.8. The van der Waals surface area contributed by atoms with E-state index in [0.717, 1.165) is 25.0 Å². The first kappa shape index (κ1) is 13.9. The number of benzene rings is 1. The molecule has 0 unspecified atom stereocenters. The van der Waals surface area contributed by atoms with E-state index in [9.17, 15) is 4.79 Å². The largest absolute Gasteiger partial charge is 0.496 e. The topological polar surface area (TPSA) is 46.5 Å². The van der Waals surface area contributed by atoms with Gasteiger partial charge in [0.15, 0.2) is 0 Å². The molecule has 1 N–H and O–H groups in total. The van der Waals surface area contributed by atoms with Gasteiger partial charge in [0.1, 0.15) is 5.75 Å². The highest BCUT2D eigenvalue weighted by atomic mass is 16.5. The van der Waals surface area contributed by atoms with E-state index in [4.69, 9.17) is 9.84 Å². The maximum absolute atomic E-state index is 10.7. The van der Waals surface area contributed by atoms with Gasteiger partial charge in [-0.25, -0.2) is 0 Å². The summed E-state index contributed by atoms with van der Waals surface area (Å²) < 4.78 is 5.50. The average Bonchev–Trinajstić information content (AvgIpc) is 2.40. The summed E-state index contributed by atoms with van der Waals surface area (Å²) in [5, 5.41) is 8.77. The number of carboxylic acid groups (broad SMARTS) is 1. The molecule has 0 fully saturated rings. The van der Waals surface area contributed by atoms with Crippen LogP contribution in [0.1, 0.15) is 47.9 Å². The number of fused-ring (bicyclic) bond motifs is 1. The second kappa shape index (κ2) is 6.09. The highest BCUT2D eigenvalue weighted by molar-refractivity contribution is 5.66. The Morgan fingerprint density at radius 2 is 2.00 bits per heavy atom. The van der Waals surface area contributed by atoms with Gasteiger partial charge in [-0.2, -0.15) is 0 Å². The van der Waals surface area contributed by atoms with Crippen molar-refractivity contribution in [2.24, 2.45) is 0 Å². The van der Waals surface area contributed by atoms with Crippen LogP contribution in [0, 0.1) is 6.92 Å². The summed E-state index contributed by atoms with van der Waals surface area (Å²) in [6, 6.07) is 2.11. The van der Waals surface area contributed by atoms with Crippen LogP contribution in [0.25, 0.3) is 0 Å². The zero-order valence-electron chi connectivity index (χ0n) is 11.8. The molecule has 0 saturated heterocycles. The summed E-state index contributed by atoms with van der Waals surface area (Å²) in [7, 11) is 1.70. The molecule has 1 aromatic carbocycles. The first-order valence-electron chi connectivity index (χ1n) is 7.03. The molecule has 1 aliphatic rings. The van der Waals surface area contributed by atoms with Crippen LogP contribution in [0.15, 0.2) is 6.07 Å². The molecule has 19 heavy (non-hydrogen) atoms. The second-order valence-corrected chi connectivity index (χ2v) is 5.29. The minimum atomic E-state index is -0.722. The van der Waals surface area contributed by atoms with Crippen LogP contribution in [0.3, 0.4) is 0 Å². The lowest BCUT2D eigenvalue weighted by Gasteiger charge is -2.24. The molecular formula is C16H22O3. The van der Waals surface area contributed by atoms with Crippen LogP contribution in [0.5, 0.6) is 5.75 Å². The Bertz CT molecular complexity index is 477. The Morgan fingerprint density at radius 1 is 1.32 bits per heavy atom. The maximum atomic E-state index is 10.7. The van der Waals surface area contributed by atoms with E-state index < -0.39 is 5.97 Å². The van der Waals surface area contributed by atoms with Crippen LogP contribution in [-0.4, -0.2) is 18.2 Å². The number of aryl methyl sites for hydroxylation is 1. The van der Waals surface area contributed by atoms with Crippen molar-refractivity contribution in [3.63, 3.8) is 0 Å². The molecule has 0 radical (unpaired) electrons. The van der Waals surface area contributed by atoms with Gasteiger partial charge in [0.2, 0.25) is 0 Å². The lowest BCUT2D eigenvalue weighted by Crippen LogP contribution is -2.10. The van der Waals surface area contributed by atoms with Crippen molar-refractivity contribution >= 4 is 5.97 Å². The van der Waals surface area contributed by atoms with Crippen LogP contribution in [-0.2, 0) is 24.1 Å². The fourth-order valence-electron chi connectivity index (χ4n) is 3.07. The van der Waals surface area contributed by atoms with Crippen molar-refractivity contribution in [1.29, 1.82) is 0 Å².